The summed E-state index contributed by atoms with van der Waals surface area (Å²) in [5.41, 5.74) is 0.385. The van der Waals surface area contributed by atoms with Crippen LogP contribution in [0.5, 0.6) is 0 Å². The molecule has 1 aliphatic rings. The van der Waals surface area contributed by atoms with Crippen LogP contribution < -0.4 is 0 Å². The van der Waals surface area contributed by atoms with Crippen LogP contribution in [0.1, 0.15) is 18.4 Å². The van der Waals surface area contributed by atoms with Crippen molar-refractivity contribution in [3.63, 3.8) is 0 Å². The highest BCUT2D eigenvalue weighted by atomic mass is 79.9. The number of rotatable bonds is 1. The molecule has 0 N–H and O–H groups in total. The average Bonchev–Trinajstić information content (AvgIpc) is 2.26. The molecule has 1 aromatic carbocycles. The number of cyclic esters (lactones) is 1. The zero-order valence-electron chi connectivity index (χ0n) is 8.30. The Kier molecular flexibility index (Phi) is 2.97. The van der Waals surface area contributed by atoms with E-state index in [-0.39, 0.29) is 0 Å². The van der Waals surface area contributed by atoms with Crippen molar-refractivity contribution in [2.75, 3.05) is 6.61 Å². The lowest BCUT2D eigenvalue weighted by molar-refractivity contribution is -0.150. The molecular formula is C11H9BrF2O2. The first-order valence-corrected chi connectivity index (χ1v) is 5.65. The minimum absolute atomic E-state index is 0.371. The summed E-state index contributed by atoms with van der Waals surface area (Å²) < 4.78 is 29.7. The summed E-state index contributed by atoms with van der Waals surface area (Å²) in [6, 6.07) is 3.42. The van der Waals surface area contributed by atoms with Crippen molar-refractivity contribution in [2.24, 2.45) is 0 Å². The van der Waals surface area contributed by atoms with Crippen molar-refractivity contribution in [3.8, 4) is 0 Å². The number of carbonyl (C=O) groups is 1. The van der Waals surface area contributed by atoms with E-state index < -0.39 is 21.9 Å². The zero-order valence-corrected chi connectivity index (χ0v) is 9.89. The van der Waals surface area contributed by atoms with Crippen molar-refractivity contribution in [1.29, 1.82) is 0 Å². The minimum Gasteiger partial charge on any atom is -0.464 e. The van der Waals surface area contributed by atoms with Gasteiger partial charge in [0.25, 0.3) is 0 Å². The van der Waals surface area contributed by atoms with E-state index in [1.165, 1.54) is 6.07 Å². The molecule has 0 aliphatic carbocycles. The van der Waals surface area contributed by atoms with Gasteiger partial charge in [-0.2, -0.15) is 0 Å². The van der Waals surface area contributed by atoms with Crippen LogP contribution in [-0.2, 0) is 13.9 Å². The molecular weight excluding hydrogens is 282 g/mol. The average molecular weight is 291 g/mol. The van der Waals surface area contributed by atoms with Crippen LogP contribution in [0.4, 0.5) is 8.78 Å². The topological polar surface area (TPSA) is 26.3 Å². The Morgan fingerprint density at radius 2 is 2.06 bits per heavy atom. The van der Waals surface area contributed by atoms with Gasteiger partial charge in [0.2, 0.25) is 0 Å². The lowest BCUT2D eigenvalue weighted by Gasteiger charge is -2.29. The molecule has 5 heteroatoms. The molecule has 2 rings (SSSR count). The molecule has 0 spiro atoms. The number of halogens is 3. The van der Waals surface area contributed by atoms with Crippen molar-refractivity contribution in [2.45, 2.75) is 17.2 Å². The quantitative estimate of drug-likeness (QED) is 0.587. The third-order valence-corrected chi connectivity index (χ3v) is 3.78. The molecule has 1 unspecified atom stereocenters. The van der Waals surface area contributed by atoms with Crippen LogP contribution in [0.3, 0.4) is 0 Å². The Hall–Kier alpha value is -0.970. The SMILES string of the molecule is O=C1OCCCC1(Br)c1ccc(F)c(F)c1. The van der Waals surface area contributed by atoms with E-state index in [0.29, 0.717) is 25.0 Å². The number of hydrogen-bond donors (Lipinski definition) is 0. The van der Waals surface area contributed by atoms with Gasteiger partial charge in [-0.05, 0) is 30.5 Å². The second-order valence-electron chi connectivity index (χ2n) is 3.67. The summed E-state index contributed by atoms with van der Waals surface area (Å²) in [4.78, 5) is 11.6. The summed E-state index contributed by atoms with van der Waals surface area (Å²) >= 11 is 3.26. The molecule has 1 heterocycles. The van der Waals surface area contributed by atoms with Crippen molar-refractivity contribution < 1.29 is 18.3 Å². The van der Waals surface area contributed by atoms with E-state index in [4.69, 9.17) is 4.74 Å². The number of hydrogen-bond acceptors (Lipinski definition) is 2. The monoisotopic (exact) mass is 290 g/mol. The number of carbonyl (C=O) groups excluding carboxylic acids is 1. The summed E-state index contributed by atoms with van der Waals surface area (Å²) in [5.74, 6) is -2.34. The molecule has 86 valence electrons. The summed E-state index contributed by atoms with van der Waals surface area (Å²) in [6.07, 6.45) is 1.20. The highest BCUT2D eigenvalue weighted by Gasteiger charge is 2.41. The van der Waals surface area contributed by atoms with Crippen LogP contribution in [0.25, 0.3) is 0 Å². The molecule has 0 aromatic heterocycles. The fourth-order valence-electron chi connectivity index (χ4n) is 1.70. The third kappa shape index (κ3) is 1.84. The largest absolute Gasteiger partial charge is 0.464 e. The fourth-order valence-corrected chi connectivity index (χ4v) is 2.34. The fraction of sp³-hybridized carbons (Fsp3) is 0.364. The zero-order chi connectivity index (χ0) is 11.8. The number of ether oxygens (including phenoxy) is 1. The van der Waals surface area contributed by atoms with Gasteiger partial charge in [-0.15, -0.1) is 0 Å². The first-order valence-electron chi connectivity index (χ1n) is 4.86. The Morgan fingerprint density at radius 1 is 1.31 bits per heavy atom. The van der Waals surface area contributed by atoms with E-state index in [0.717, 1.165) is 12.1 Å². The van der Waals surface area contributed by atoms with Gasteiger partial charge in [-0.1, -0.05) is 22.0 Å². The van der Waals surface area contributed by atoms with Crippen LogP contribution >= 0.6 is 15.9 Å². The van der Waals surface area contributed by atoms with E-state index in [9.17, 15) is 13.6 Å². The van der Waals surface area contributed by atoms with E-state index in [1.807, 2.05) is 0 Å². The maximum atomic E-state index is 13.1. The predicted octanol–water partition coefficient (Wildman–Crippen LogP) is 2.89. The van der Waals surface area contributed by atoms with Gasteiger partial charge in [-0.3, -0.25) is 4.79 Å². The van der Waals surface area contributed by atoms with Crippen LogP contribution in [0, 0.1) is 11.6 Å². The van der Waals surface area contributed by atoms with Crippen molar-refractivity contribution in [3.05, 3.63) is 35.4 Å². The molecule has 1 fully saturated rings. The highest BCUT2D eigenvalue weighted by molar-refractivity contribution is 9.10. The van der Waals surface area contributed by atoms with Gasteiger partial charge in [0, 0.05) is 0 Å². The first-order chi connectivity index (χ1) is 7.54. The van der Waals surface area contributed by atoms with Gasteiger partial charge in [0.05, 0.1) is 6.61 Å². The molecule has 1 saturated heterocycles. The normalized spacial score (nSPS) is 25.3. The first kappa shape index (κ1) is 11.5. The van der Waals surface area contributed by atoms with Gasteiger partial charge in [0.1, 0.15) is 4.32 Å². The second kappa shape index (κ2) is 4.13. The predicted molar refractivity (Wildman–Crippen MR) is 57.2 cm³/mol. The number of benzene rings is 1. The summed E-state index contributed by atoms with van der Waals surface area (Å²) in [5, 5.41) is 0. The maximum Gasteiger partial charge on any atom is 0.327 e. The molecule has 1 aromatic rings. The smallest absolute Gasteiger partial charge is 0.327 e. The van der Waals surface area contributed by atoms with Crippen molar-refractivity contribution >= 4 is 21.9 Å². The molecule has 2 nitrogen and oxygen atoms in total. The third-order valence-electron chi connectivity index (χ3n) is 2.60. The molecule has 0 bridgehead atoms. The molecule has 0 saturated carbocycles. The van der Waals surface area contributed by atoms with Gasteiger partial charge < -0.3 is 4.74 Å². The van der Waals surface area contributed by atoms with Gasteiger partial charge in [-0.25, -0.2) is 8.78 Å². The highest BCUT2D eigenvalue weighted by Crippen LogP contribution is 2.40. The van der Waals surface area contributed by atoms with Gasteiger partial charge >= 0.3 is 5.97 Å². The number of alkyl halides is 1. The molecule has 1 aliphatic heterocycles. The van der Waals surface area contributed by atoms with Crippen LogP contribution in [0.15, 0.2) is 18.2 Å². The Bertz CT molecular complexity index is 436. The molecule has 0 radical (unpaired) electrons. The minimum atomic E-state index is -1.04. The lowest BCUT2D eigenvalue weighted by Crippen LogP contribution is -2.36. The maximum absolute atomic E-state index is 13.1. The Morgan fingerprint density at radius 3 is 2.69 bits per heavy atom. The van der Waals surface area contributed by atoms with Crippen LogP contribution in [0.2, 0.25) is 0 Å². The van der Waals surface area contributed by atoms with E-state index >= 15 is 0 Å². The molecule has 0 amide bonds. The lowest BCUT2D eigenvalue weighted by atomic mass is 9.92. The summed E-state index contributed by atoms with van der Waals surface area (Å²) in [7, 11) is 0. The Balaban J connectivity index is 2.41. The van der Waals surface area contributed by atoms with E-state index in [1.54, 1.807) is 0 Å². The molecule has 1 atom stereocenters. The van der Waals surface area contributed by atoms with Crippen molar-refractivity contribution in [1.82, 2.24) is 0 Å². The van der Waals surface area contributed by atoms with Crippen LogP contribution in [-0.4, -0.2) is 12.6 Å². The van der Waals surface area contributed by atoms with Gasteiger partial charge in [0.15, 0.2) is 11.6 Å². The standard InChI is InChI=1S/C11H9BrF2O2/c12-11(4-1-5-16-10(11)15)7-2-3-8(13)9(14)6-7/h2-3,6H,1,4-5H2. The molecule has 16 heavy (non-hydrogen) atoms. The number of esters is 1. The summed E-state index contributed by atoms with van der Waals surface area (Å²) in [6.45, 7) is 0.371. The van der Waals surface area contributed by atoms with E-state index in [2.05, 4.69) is 15.9 Å². The second-order valence-corrected chi connectivity index (χ2v) is 5.02. The Labute approximate surface area is 99.7 Å².